The summed E-state index contributed by atoms with van der Waals surface area (Å²) >= 11 is 0. The highest BCUT2D eigenvalue weighted by Crippen LogP contribution is 2.26. The molecule has 2 rings (SSSR count). The highest BCUT2D eigenvalue weighted by molar-refractivity contribution is 5.78. The Kier molecular flexibility index (Phi) is 2.54. The first-order valence-corrected chi connectivity index (χ1v) is 5.32. The Morgan fingerprint density at radius 2 is 1.92 bits per heavy atom. The van der Waals surface area contributed by atoms with Gasteiger partial charge in [0.05, 0.1) is 0 Å². The molecule has 1 unspecified atom stereocenters. The molecule has 0 bridgehead atoms. The summed E-state index contributed by atoms with van der Waals surface area (Å²) in [7, 11) is 0. The van der Waals surface area contributed by atoms with Gasteiger partial charge in [0, 0.05) is 25.0 Å². The van der Waals surface area contributed by atoms with Gasteiger partial charge in [-0.25, -0.2) is 0 Å². The van der Waals surface area contributed by atoms with E-state index in [1.807, 2.05) is 0 Å². The van der Waals surface area contributed by atoms with E-state index in [9.17, 15) is 4.79 Å². The van der Waals surface area contributed by atoms with Crippen LogP contribution in [0.5, 0.6) is 0 Å². The predicted octanol–water partition coefficient (Wildman–Crippen LogP) is 0.879. The number of carbonyl (C=O) groups is 1. The van der Waals surface area contributed by atoms with Crippen LogP contribution in [0.4, 0.5) is 0 Å². The molecule has 0 aromatic rings. The molecule has 1 amide bonds. The zero-order valence-electron chi connectivity index (χ0n) is 8.04. The summed E-state index contributed by atoms with van der Waals surface area (Å²) in [6.07, 6.45) is 6.56. The molecule has 1 aliphatic heterocycles. The van der Waals surface area contributed by atoms with Crippen molar-refractivity contribution in [1.82, 2.24) is 4.90 Å². The lowest BCUT2D eigenvalue weighted by Crippen LogP contribution is -2.47. The molecule has 1 saturated carbocycles. The SMILES string of the molecule is NC1CCN(C2CCCC2)C(=O)C1. The number of nitrogens with zero attached hydrogens (tertiary/aromatic N) is 1. The van der Waals surface area contributed by atoms with E-state index < -0.39 is 0 Å². The number of amides is 1. The molecule has 13 heavy (non-hydrogen) atoms. The van der Waals surface area contributed by atoms with Gasteiger partial charge in [-0.2, -0.15) is 0 Å². The predicted molar refractivity (Wildman–Crippen MR) is 51.2 cm³/mol. The van der Waals surface area contributed by atoms with E-state index in [2.05, 4.69) is 4.90 Å². The summed E-state index contributed by atoms with van der Waals surface area (Å²) in [4.78, 5) is 13.7. The first kappa shape index (κ1) is 9.00. The van der Waals surface area contributed by atoms with E-state index in [1.165, 1.54) is 25.7 Å². The molecule has 3 heteroatoms. The van der Waals surface area contributed by atoms with Gasteiger partial charge in [0.25, 0.3) is 0 Å². The summed E-state index contributed by atoms with van der Waals surface area (Å²) in [5.41, 5.74) is 5.74. The third kappa shape index (κ3) is 1.85. The van der Waals surface area contributed by atoms with Gasteiger partial charge in [-0.1, -0.05) is 12.8 Å². The molecule has 0 spiro atoms. The number of hydrogen-bond donors (Lipinski definition) is 1. The van der Waals surface area contributed by atoms with Crippen LogP contribution < -0.4 is 5.73 Å². The maximum absolute atomic E-state index is 11.6. The minimum atomic E-state index is 0.116. The Morgan fingerprint density at radius 3 is 2.54 bits per heavy atom. The van der Waals surface area contributed by atoms with E-state index >= 15 is 0 Å². The minimum Gasteiger partial charge on any atom is -0.340 e. The van der Waals surface area contributed by atoms with Crippen molar-refractivity contribution in [3.63, 3.8) is 0 Å². The second kappa shape index (κ2) is 3.66. The van der Waals surface area contributed by atoms with E-state index in [-0.39, 0.29) is 11.9 Å². The summed E-state index contributed by atoms with van der Waals surface area (Å²) in [5, 5.41) is 0. The first-order valence-electron chi connectivity index (χ1n) is 5.32. The Labute approximate surface area is 79.3 Å². The van der Waals surface area contributed by atoms with E-state index in [0.29, 0.717) is 12.5 Å². The van der Waals surface area contributed by atoms with Crippen LogP contribution in [0.3, 0.4) is 0 Å². The average molecular weight is 182 g/mol. The summed E-state index contributed by atoms with van der Waals surface area (Å²) < 4.78 is 0. The van der Waals surface area contributed by atoms with Gasteiger partial charge in [-0.15, -0.1) is 0 Å². The topological polar surface area (TPSA) is 46.3 Å². The molecule has 1 saturated heterocycles. The Bertz CT molecular complexity index is 199. The van der Waals surface area contributed by atoms with Crippen molar-refractivity contribution in [1.29, 1.82) is 0 Å². The zero-order chi connectivity index (χ0) is 9.26. The second-order valence-electron chi connectivity index (χ2n) is 4.28. The fourth-order valence-corrected chi connectivity index (χ4v) is 2.48. The molecule has 1 aliphatic carbocycles. The molecule has 2 fully saturated rings. The van der Waals surface area contributed by atoms with Gasteiger partial charge in [-0.3, -0.25) is 4.79 Å². The van der Waals surface area contributed by atoms with Gasteiger partial charge >= 0.3 is 0 Å². The Balaban J connectivity index is 1.95. The average Bonchev–Trinajstić information content (AvgIpc) is 2.56. The standard InChI is InChI=1S/C10H18N2O/c11-8-5-6-12(10(13)7-8)9-3-1-2-4-9/h8-9H,1-7,11H2. The molecule has 1 atom stereocenters. The molecular weight excluding hydrogens is 164 g/mol. The van der Waals surface area contributed by atoms with Crippen molar-refractivity contribution in [2.24, 2.45) is 5.73 Å². The number of likely N-dealkylation sites (tertiary alicyclic amines) is 1. The molecular formula is C10H18N2O. The fourth-order valence-electron chi connectivity index (χ4n) is 2.48. The Hall–Kier alpha value is -0.570. The van der Waals surface area contributed by atoms with Crippen LogP contribution in [0.25, 0.3) is 0 Å². The maximum atomic E-state index is 11.6. The van der Waals surface area contributed by atoms with Gasteiger partial charge in [0.1, 0.15) is 0 Å². The quantitative estimate of drug-likeness (QED) is 0.654. The van der Waals surface area contributed by atoms with E-state index in [0.717, 1.165) is 13.0 Å². The fraction of sp³-hybridized carbons (Fsp3) is 0.900. The lowest BCUT2D eigenvalue weighted by Gasteiger charge is -2.34. The molecule has 0 aromatic carbocycles. The molecule has 0 aromatic heterocycles. The van der Waals surface area contributed by atoms with Gasteiger partial charge in [0.2, 0.25) is 5.91 Å². The lowest BCUT2D eigenvalue weighted by molar-refractivity contribution is -0.136. The van der Waals surface area contributed by atoms with E-state index in [1.54, 1.807) is 0 Å². The third-order valence-electron chi connectivity index (χ3n) is 3.26. The molecule has 74 valence electrons. The van der Waals surface area contributed by atoms with Crippen LogP contribution in [-0.2, 0) is 4.79 Å². The first-order chi connectivity index (χ1) is 6.27. The number of nitrogens with two attached hydrogens (primary N) is 1. The van der Waals surface area contributed by atoms with Crippen LogP contribution in [0.1, 0.15) is 38.5 Å². The highest BCUT2D eigenvalue weighted by Gasteiger charge is 2.30. The normalized spacial score (nSPS) is 31.3. The molecule has 0 radical (unpaired) electrons. The lowest BCUT2D eigenvalue weighted by atomic mass is 10.0. The number of hydrogen-bond acceptors (Lipinski definition) is 2. The highest BCUT2D eigenvalue weighted by atomic mass is 16.2. The summed E-state index contributed by atoms with van der Waals surface area (Å²) in [6.45, 7) is 0.894. The molecule has 2 aliphatic rings. The number of carbonyl (C=O) groups excluding carboxylic acids is 1. The van der Waals surface area contributed by atoms with Crippen LogP contribution >= 0.6 is 0 Å². The van der Waals surface area contributed by atoms with Crippen molar-refractivity contribution in [2.75, 3.05) is 6.54 Å². The monoisotopic (exact) mass is 182 g/mol. The van der Waals surface area contributed by atoms with Gasteiger partial charge in [-0.05, 0) is 19.3 Å². The largest absolute Gasteiger partial charge is 0.340 e. The van der Waals surface area contributed by atoms with Crippen LogP contribution in [0, 0.1) is 0 Å². The van der Waals surface area contributed by atoms with Crippen molar-refractivity contribution in [3.05, 3.63) is 0 Å². The van der Waals surface area contributed by atoms with Gasteiger partial charge in [0.15, 0.2) is 0 Å². The third-order valence-corrected chi connectivity index (χ3v) is 3.26. The minimum absolute atomic E-state index is 0.116. The van der Waals surface area contributed by atoms with Crippen LogP contribution in [0.2, 0.25) is 0 Å². The second-order valence-corrected chi connectivity index (χ2v) is 4.28. The smallest absolute Gasteiger partial charge is 0.224 e. The molecule has 3 nitrogen and oxygen atoms in total. The van der Waals surface area contributed by atoms with Crippen molar-refractivity contribution in [2.45, 2.75) is 50.6 Å². The molecule has 1 heterocycles. The summed E-state index contributed by atoms with van der Waals surface area (Å²) in [6, 6.07) is 0.658. The maximum Gasteiger partial charge on any atom is 0.224 e. The van der Waals surface area contributed by atoms with Gasteiger partial charge < -0.3 is 10.6 Å². The van der Waals surface area contributed by atoms with Crippen molar-refractivity contribution >= 4 is 5.91 Å². The van der Waals surface area contributed by atoms with E-state index in [4.69, 9.17) is 5.73 Å². The van der Waals surface area contributed by atoms with Crippen molar-refractivity contribution in [3.8, 4) is 0 Å². The number of rotatable bonds is 1. The molecule has 2 N–H and O–H groups in total. The van der Waals surface area contributed by atoms with Crippen LogP contribution in [-0.4, -0.2) is 29.4 Å². The Morgan fingerprint density at radius 1 is 1.23 bits per heavy atom. The number of piperidine rings is 1. The van der Waals surface area contributed by atoms with Crippen LogP contribution in [0.15, 0.2) is 0 Å². The van der Waals surface area contributed by atoms with Crippen molar-refractivity contribution < 1.29 is 4.79 Å². The summed E-state index contributed by atoms with van der Waals surface area (Å²) in [5.74, 6) is 0.283. The zero-order valence-corrected chi connectivity index (χ0v) is 8.04.